The number of carbonyl (C=O) groups is 1. The van der Waals surface area contributed by atoms with Gasteiger partial charge in [-0.3, -0.25) is 5.32 Å². The van der Waals surface area contributed by atoms with Crippen LogP contribution in [-0.2, 0) is 5.11 Å². The number of nitrogens with one attached hydrogen (secondary N) is 1. The number of amides is 1. The maximum Gasteiger partial charge on any atom is 0.454 e. The molecule has 0 unspecified atom stereocenters. The van der Waals surface area contributed by atoms with Gasteiger partial charge in [0.25, 0.3) is 0 Å². The molecule has 0 heterocycles. The highest BCUT2D eigenvalue weighted by molar-refractivity contribution is 5.82. The molecule has 81 valence electrons. The van der Waals surface area contributed by atoms with Gasteiger partial charge in [0.15, 0.2) is 0 Å². The van der Waals surface area contributed by atoms with Crippen LogP contribution in [0.25, 0.3) is 0 Å². The van der Waals surface area contributed by atoms with E-state index in [0.29, 0.717) is 11.4 Å². The molecule has 0 saturated heterocycles. The fourth-order valence-electron chi connectivity index (χ4n) is 1.11. The third kappa shape index (κ3) is 4.35. The Bertz CT molecular complexity index is 355. The second kappa shape index (κ2) is 4.21. The molecule has 1 aromatic rings. The van der Waals surface area contributed by atoms with Crippen LogP contribution in [0.15, 0.2) is 24.3 Å². The van der Waals surface area contributed by atoms with E-state index in [9.17, 15) is 9.90 Å². The Hall–Kier alpha value is -1.71. The molecule has 1 aromatic carbocycles. The predicted molar refractivity (Wildman–Crippen MR) is 56.5 cm³/mol. The van der Waals surface area contributed by atoms with E-state index < -0.39 is 6.09 Å². The summed E-state index contributed by atoms with van der Waals surface area (Å²) < 4.78 is 5.57. The second-order valence-electron chi connectivity index (χ2n) is 4.15. The number of ether oxygens (including phenoxy) is 1. The van der Waals surface area contributed by atoms with Crippen molar-refractivity contribution in [1.29, 1.82) is 0 Å². The Labute approximate surface area is 88.9 Å². The molecule has 15 heavy (non-hydrogen) atoms. The fourth-order valence-corrected chi connectivity index (χ4v) is 1.11. The normalized spacial score (nSPS) is 10.9. The summed E-state index contributed by atoms with van der Waals surface area (Å²) in [6.45, 7) is 5.77. The van der Waals surface area contributed by atoms with E-state index in [2.05, 4.69) is 5.32 Å². The third-order valence-corrected chi connectivity index (χ3v) is 1.50. The van der Waals surface area contributed by atoms with Crippen LogP contribution in [-0.4, -0.2) is 11.7 Å². The summed E-state index contributed by atoms with van der Waals surface area (Å²) in [5, 5.41) is 12.5. The number of carbonyl (C=O) groups excluding carboxylic acids is 1. The predicted octanol–water partition coefficient (Wildman–Crippen LogP) is 2.83. The molecule has 0 saturated carbocycles. The van der Waals surface area contributed by atoms with E-state index >= 15 is 0 Å². The molecule has 0 bridgehead atoms. The lowest BCUT2D eigenvalue weighted by molar-refractivity contribution is 0.131. The van der Waals surface area contributed by atoms with Crippen LogP contribution in [0.4, 0.5) is 10.5 Å². The summed E-state index contributed by atoms with van der Waals surface area (Å²) in [5.41, 5.74) is 0.136. The van der Waals surface area contributed by atoms with Gasteiger partial charge in [-0.2, -0.15) is 0 Å². The van der Waals surface area contributed by atoms with Crippen LogP contribution in [0.2, 0.25) is 0 Å². The van der Waals surface area contributed by atoms with Crippen molar-refractivity contribution in [2.45, 2.75) is 26.4 Å². The lowest BCUT2D eigenvalue weighted by atomic mass is 10.2. The zero-order chi connectivity index (χ0) is 11.5. The fraction of sp³-hybridized carbons (Fsp3) is 0.364. The highest BCUT2D eigenvalue weighted by Gasteiger charge is 2.12. The monoisotopic (exact) mass is 208 g/mol. The lowest BCUT2D eigenvalue weighted by Gasteiger charge is -2.21. The first-order valence-corrected chi connectivity index (χ1v) is 4.64. The Morgan fingerprint density at radius 3 is 2.53 bits per heavy atom. The molecule has 0 atom stereocenters. The summed E-state index contributed by atoms with van der Waals surface area (Å²) in [4.78, 5) is 10.3. The van der Waals surface area contributed by atoms with Crippen molar-refractivity contribution >= 4 is 11.8 Å². The average molecular weight is 208 g/mol. The van der Waals surface area contributed by atoms with Gasteiger partial charge in [-0.1, -0.05) is 6.07 Å². The van der Waals surface area contributed by atoms with Gasteiger partial charge in [0, 0.05) is 11.8 Å². The summed E-state index contributed by atoms with van der Waals surface area (Å²) >= 11 is 0. The molecule has 1 rings (SSSR count). The molecule has 0 aliphatic carbocycles. The van der Waals surface area contributed by atoms with E-state index in [4.69, 9.17) is 4.74 Å². The van der Waals surface area contributed by atoms with Gasteiger partial charge in [0.1, 0.15) is 11.4 Å². The molecular formula is C11H14NO3. The number of benzene rings is 1. The number of rotatable bonds is 2. The minimum atomic E-state index is -1.33. The summed E-state index contributed by atoms with van der Waals surface area (Å²) in [6.07, 6.45) is -1.33. The van der Waals surface area contributed by atoms with Gasteiger partial charge in [-0.05, 0) is 32.9 Å². The van der Waals surface area contributed by atoms with Crippen LogP contribution in [0.5, 0.6) is 5.75 Å². The molecule has 0 spiro atoms. The van der Waals surface area contributed by atoms with Crippen LogP contribution in [0, 0.1) is 0 Å². The van der Waals surface area contributed by atoms with Crippen molar-refractivity contribution in [3.8, 4) is 5.75 Å². The summed E-state index contributed by atoms with van der Waals surface area (Å²) in [7, 11) is 0. The standard InChI is InChI=1S/C11H14NO3/c1-11(2,3)15-9-6-4-5-8(7-9)12-10(13)14/h4-7,12H,1-3H3. The molecule has 0 fully saturated rings. The van der Waals surface area contributed by atoms with Gasteiger partial charge in [-0.25, -0.2) is 9.90 Å². The molecule has 1 amide bonds. The number of hydrogen-bond acceptors (Lipinski definition) is 2. The number of anilines is 1. The maximum atomic E-state index is 10.3. The zero-order valence-electron chi connectivity index (χ0n) is 9.03. The van der Waals surface area contributed by atoms with E-state index in [-0.39, 0.29) is 5.60 Å². The van der Waals surface area contributed by atoms with Crippen LogP contribution in [0.1, 0.15) is 20.8 Å². The molecular weight excluding hydrogens is 194 g/mol. The second-order valence-corrected chi connectivity index (χ2v) is 4.15. The SMILES string of the molecule is CC(C)(C)Oc1cccc(NC([O])=O)c1. The minimum Gasteiger partial charge on any atom is -0.488 e. The van der Waals surface area contributed by atoms with Gasteiger partial charge in [0.2, 0.25) is 0 Å². The molecule has 1 N–H and O–H groups in total. The van der Waals surface area contributed by atoms with Crippen LogP contribution in [0.3, 0.4) is 0 Å². The summed E-state index contributed by atoms with van der Waals surface area (Å²) in [6, 6.07) is 6.73. The molecule has 0 aliphatic rings. The van der Waals surface area contributed by atoms with Crippen molar-refractivity contribution in [2.24, 2.45) is 0 Å². The first-order chi connectivity index (χ1) is 6.87. The highest BCUT2D eigenvalue weighted by atomic mass is 16.5. The Morgan fingerprint density at radius 1 is 1.33 bits per heavy atom. The molecule has 4 heteroatoms. The van der Waals surface area contributed by atoms with Gasteiger partial charge in [0.05, 0.1) is 0 Å². The smallest absolute Gasteiger partial charge is 0.454 e. The zero-order valence-corrected chi connectivity index (χ0v) is 9.03. The van der Waals surface area contributed by atoms with Crippen molar-refractivity contribution in [3.05, 3.63) is 24.3 Å². The topological polar surface area (TPSA) is 58.2 Å². The molecule has 0 aromatic heterocycles. The summed E-state index contributed by atoms with van der Waals surface area (Å²) in [5.74, 6) is 0.619. The van der Waals surface area contributed by atoms with E-state index in [1.807, 2.05) is 20.8 Å². The Morgan fingerprint density at radius 2 is 2.00 bits per heavy atom. The van der Waals surface area contributed by atoms with E-state index in [1.165, 1.54) is 0 Å². The van der Waals surface area contributed by atoms with Gasteiger partial charge < -0.3 is 4.74 Å². The quantitative estimate of drug-likeness (QED) is 0.812. The van der Waals surface area contributed by atoms with Crippen molar-refractivity contribution in [1.82, 2.24) is 0 Å². The third-order valence-electron chi connectivity index (χ3n) is 1.50. The molecule has 1 radical (unpaired) electrons. The maximum absolute atomic E-state index is 10.3. The Balaban J connectivity index is 2.79. The van der Waals surface area contributed by atoms with Crippen molar-refractivity contribution in [2.75, 3.05) is 5.32 Å². The number of hydrogen-bond donors (Lipinski definition) is 1. The average Bonchev–Trinajstić information content (AvgIpc) is 1.99. The van der Waals surface area contributed by atoms with E-state index in [1.54, 1.807) is 24.3 Å². The molecule has 4 nitrogen and oxygen atoms in total. The van der Waals surface area contributed by atoms with Gasteiger partial charge in [-0.15, -0.1) is 0 Å². The largest absolute Gasteiger partial charge is 0.488 e. The van der Waals surface area contributed by atoms with Crippen molar-refractivity contribution < 1.29 is 14.6 Å². The Kier molecular flexibility index (Phi) is 3.19. The highest BCUT2D eigenvalue weighted by Crippen LogP contribution is 2.21. The molecule has 0 aliphatic heterocycles. The minimum absolute atomic E-state index is 0.305. The van der Waals surface area contributed by atoms with Gasteiger partial charge >= 0.3 is 6.09 Å². The first kappa shape index (κ1) is 11.4. The van der Waals surface area contributed by atoms with Crippen LogP contribution < -0.4 is 10.1 Å². The lowest BCUT2D eigenvalue weighted by Crippen LogP contribution is -2.22. The van der Waals surface area contributed by atoms with E-state index in [0.717, 1.165) is 0 Å². The van der Waals surface area contributed by atoms with Crippen LogP contribution >= 0.6 is 0 Å². The van der Waals surface area contributed by atoms with Crippen molar-refractivity contribution in [3.63, 3.8) is 0 Å². The first-order valence-electron chi connectivity index (χ1n) is 4.64.